The van der Waals surface area contributed by atoms with E-state index in [2.05, 4.69) is 27.8 Å². The second-order valence-corrected chi connectivity index (χ2v) is 4.91. The number of hydrogen-bond acceptors (Lipinski definition) is 3. The maximum Gasteiger partial charge on any atom is 0.133 e. The molecule has 0 aliphatic carbocycles. The Labute approximate surface area is 138 Å². The highest BCUT2D eigenvalue weighted by Gasteiger charge is 2.23. The number of nitrogens with zero attached hydrogens (tertiary/aromatic N) is 2. The topological polar surface area (TPSA) is 28.2 Å². The van der Waals surface area contributed by atoms with Gasteiger partial charge in [-0.2, -0.15) is 0 Å². The third kappa shape index (κ3) is 5.23. The highest BCUT2D eigenvalue weighted by Crippen LogP contribution is 2.30. The summed E-state index contributed by atoms with van der Waals surface area (Å²) in [5.41, 5.74) is 1.14. The van der Waals surface area contributed by atoms with Crippen LogP contribution in [0, 0.1) is 0 Å². The highest BCUT2D eigenvalue weighted by atomic mass is 35.5. The highest BCUT2D eigenvalue weighted by molar-refractivity contribution is 6.30. The van der Waals surface area contributed by atoms with Crippen molar-refractivity contribution in [1.82, 2.24) is 15.2 Å². The molecule has 0 aromatic carbocycles. The van der Waals surface area contributed by atoms with Gasteiger partial charge < -0.3 is 5.32 Å². The number of halogens is 3. The maximum absolute atomic E-state index is 6.24. The third-order valence-electron chi connectivity index (χ3n) is 3.38. The van der Waals surface area contributed by atoms with Gasteiger partial charge in [-0.1, -0.05) is 23.7 Å². The Morgan fingerprint density at radius 2 is 2.10 bits per heavy atom. The fourth-order valence-corrected chi connectivity index (χ4v) is 2.70. The first-order valence-corrected chi connectivity index (χ1v) is 6.87. The predicted molar refractivity (Wildman–Crippen MR) is 90.4 cm³/mol. The molecule has 1 fully saturated rings. The molecule has 0 unspecified atom stereocenters. The summed E-state index contributed by atoms with van der Waals surface area (Å²) in [6.45, 7) is 8.03. The summed E-state index contributed by atoms with van der Waals surface area (Å²) in [4.78, 5) is 6.69. The molecule has 6 heteroatoms. The minimum absolute atomic E-state index is 0. The number of piperazine rings is 1. The standard InChI is InChI=1S/C14H20ClN3.2ClH/c1-2-3-6-13(18-10-8-16-9-11-18)12-5-4-7-17-14(12)15;;/h2,4-5,7,13,16H,1,3,6,8-11H2;2*1H/t13-;;/m0../s1. The normalized spacial score (nSPS) is 16.6. The molecule has 1 atom stereocenters. The van der Waals surface area contributed by atoms with Gasteiger partial charge in [0.2, 0.25) is 0 Å². The van der Waals surface area contributed by atoms with Gasteiger partial charge in [-0.15, -0.1) is 31.4 Å². The monoisotopic (exact) mass is 337 g/mol. The summed E-state index contributed by atoms with van der Waals surface area (Å²) in [7, 11) is 0. The Morgan fingerprint density at radius 1 is 1.40 bits per heavy atom. The van der Waals surface area contributed by atoms with E-state index in [1.54, 1.807) is 6.20 Å². The molecule has 0 amide bonds. The Hall–Kier alpha value is -0.320. The summed E-state index contributed by atoms with van der Waals surface area (Å²) in [6, 6.07) is 4.40. The molecule has 2 rings (SSSR count). The van der Waals surface area contributed by atoms with Crippen molar-refractivity contribution in [2.24, 2.45) is 0 Å². The van der Waals surface area contributed by atoms with Crippen LogP contribution in [0.25, 0.3) is 0 Å². The van der Waals surface area contributed by atoms with E-state index in [0.29, 0.717) is 11.2 Å². The van der Waals surface area contributed by atoms with Crippen molar-refractivity contribution in [3.63, 3.8) is 0 Å². The summed E-state index contributed by atoms with van der Waals surface area (Å²) in [6.07, 6.45) is 5.77. The van der Waals surface area contributed by atoms with Crippen LogP contribution in [-0.2, 0) is 0 Å². The van der Waals surface area contributed by atoms with E-state index < -0.39 is 0 Å². The van der Waals surface area contributed by atoms with E-state index in [0.717, 1.165) is 44.6 Å². The zero-order valence-corrected chi connectivity index (χ0v) is 13.8. The van der Waals surface area contributed by atoms with Crippen LogP contribution in [0.15, 0.2) is 31.0 Å². The fraction of sp³-hybridized carbons (Fsp3) is 0.500. The molecule has 0 bridgehead atoms. The lowest BCUT2D eigenvalue weighted by molar-refractivity contribution is 0.166. The number of aromatic nitrogens is 1. The minimum atomic E-state index is 0. The van der Waals surface area contributed by atoms with Crippen molar-refractivity contribution in [2.75, 3.05) is 26.2 Å². The minimum Gasteiger partial charge on any atom is -0.314 e. The molecule has 1 saturated heterocycles. The van der Waals surface area contributed by atoms with E-state index >= 15 is 0 Å². The first-order chi connectivity index (χ1) is 8.83. The summed E-state index contributed by atoms with van der Waals surface area (Å²) in [5, 5.41) is 4.01. The van der Waals surface area contributed by atoms with Crippen molar-refractivity contribution in [2.45, 2.75) is 18.9 Å². The van der Waals surface area contributed by atoms with Crippen LogP contribution in [-0.4, -0.2) is 36.1 Å². The Morgan fingerprint density at radius 3 is 2.70 bits per heavy atom. The largest absolute Gasteiger partial charge is 0.314 e. The van der Waals surface area contributed by atoms with Crippen LogP contribution < -0.4 is 5.32 Å². The fourth-order valence-electron chi connectivity index (χ4n) is 2.45. The zero-order chi connectivity index (χ0) is 12.8. The molecule has 1 aromatic heterocycles. The van der Waals surface area contributed by atoms with Gasteiger partial charge in [-0.05, 0) is 18.9 Å². The Bertz CT molecular complexity index is 395. The molecule has 2 heterocycles. The van der Waals surface area contributed by atoms with Gasteiger partial charge in [0.25, 0.3) is 0 Å². The van der Waals surface area contributed by atoms with Crippen LogP contribution >= 0.6 is 36.4 Å². The van der Waals surface area contributed by atoms with Gasteiger partial charge in [-0.25, -0.2) is 4.98 Å². The Kier molecular flexibility index (Phi) is 10.2. The molecule has 0 spiro atoms. The van der Waals surface area contributed by atoms with E-state index in [1.807, 2.05) is 12.1 Å². The van der Waals surface area contributed by atoms with E-state index in [1.165, 1.54) is 0 Å². The SMILES string of the molecule is C=CCC[C@@H](c1cccnc1Cl)N1CCNCC1.Cl.Cl. The van der Waals surface area contributed by atoms with E-state index in [4.69, 9.17) is 11.6 Å². The van der Waals surface area contributed by atoms with Gasteiger partial charge in [0.1, 0.15) is 5.15 Å². The molecule has 114 valence electrons. The van der Waals surface area contributed by atoms with Crippen LogP contribution in [0.5, 0.6) is 0 Å². The molecule has 1 aliphatic rings. The smallest absolute Gasteiger partial charge is 0.133 e. The van der Waals surface area contributed by atoms with Gasteiger partial charge in [0, 0.05) is 44.0 Å². The summed E-state index contributed by atoms with van der Waals surface area (Å²) in [5.74, 6) is 0. The van der Waals surface area contributed by atoms with Gasteiger partial charge >= 0.3 is 0 Å². The lowest BCUT2D eigenvalue weighted by atomic mass is 10.0. The number of pyridine rings is 1. The summed E-state index contributed by atoms with van der Waals surface area (Å²) < 4.78 is 0. The Balaban J connectivity index is 0.00000180. The number of nitrogens with one attached hydrogen (secondary N) is 1. The first kappa shape index (κ1) is 19.7. The van der Waals surface area contributed by atoms with Crippen molar-refractivity contribution in [1.29, 1.82) is 0 Å². The third-order valence-corrected chi connectivity index (χ3v) is 3.70. The van der Waals surface area contributed by atoms with Crippen molar-refractivity contribution < 1.29 is 0 Å². The van der Waals surface area contributed by atoms with Gasteiger partial charge in [0.05, 0.1) is 0 Å². The second kappa shape index (κ2) is 10.4. The van der Waals surface area contributed by atoms with Gasteiger partial charge in [0.15, 0.2) is 0 Å². The first-order valence-electron chi connectivity index (χ1n) is 6.49. The second-order valence-electron chi connectivity index (χ2n) is 4.55. The van der Waals surface area contributed by atoms with Crippen LogP contribution in [0.1, 0.15) is 24.4 Å². The molecular weight excluding hydrogens is 317 g/mol. The van der Waals surface area contributed by atoms with Crippen molar-refractivity contribution in [3.8, 4) is 0 Å². The van der Waals surface area contributed by atoms with Crippen molar-refractivity contribution >= 4 is 36.4 Å². The molecule has 1 aliphatic heterocycles. The summed E-state index contributed by atoms with van der Waals surface area (Å²) >= 11 is 6.24. The molecule has 20 heavy (non-hydrogen) atoms. The average Bonchev–Trinajstić information content (AvgIpc) is 2.42. The predicted octanol–water partition coefficient (Wildman–Crippen LogP) is 3.49. The van der Waals surface area contributed by atoms with Crippen LogP contribution in [0.3, 0.4) is 0 Å². The van der Waals surface area contributed by atoms with Crippen LogP contribution in [0.4, 0.5) is 0 Å². The molecule has 1 aromatic rings. The number of hydrogen-bond donors (Lipinski definition) is 1. The lowest BCUT2D eigenvalue weighted by Gasteiger charge is -2.35. The molecule has 0 radical (unpaired) electrons. The zero-order valence-electron chi connectivity index (χ0n) is 11.4. The van der Waals surface area contributed by atoms with E-state index in [-0.39, 0.29) is 24.8 Å². The lowest BCUT2D eigenvalue weighted by Crippen LogP contribution is -2.45. The average molecular weight is 339 g/mol. The molecule has 1 N–H and O–H groups in total. The van der Waals surface area contributed by atoms with Gasteiger partial charge in [-0.3, -0.25) is 4.90 Å². The van der Waals surface area contributed by atoms with Crippen molar-refractivity contribution in [3.05, 3.63) is 41.7 Å². The number of rotatable bonds is 5. The molecule has 3 nitrogen and oxygen atoms in total. The quantitative estimate of drug-likeness (QED) is 0.658. The maximum atomic E-state index is 6.24. The number of allylic oxidation sites excluding steroid dienone is 1. The van der Waals surface area contributed by atoms with E-state index in [9.17, 15) is 0 Å². The molecule has 0 saturated carbocycles. The van der Waals surface area contributed by atoms with Crippen LogP contribution in [0.2, 0.25) is 5.15 Å². The molecular formula is C14H22Cl3N3.